The van der Waals surface area contributed by atoms with E-state index in [1.165, 1.54) is 11.8 Å². The van der Waals surface area contributed by atoms with Crippen molar-refractivity contribution in [3.63, 3.8) is 0 Å². The topological polar surface area (TPSA) is 90.0 Å². The maximum absolute atomic E-state index is 13.1. The highest BCUT2D eigenvalue weighted by Crippen LogP contribution is 2.46. The Morgan fingerprint density at radius 2 is 1.93 bits per heavy atom. The first kappa shape index (κ1) is 18.5. The molecule has 1 amide bonds. The number of rotatable bonds is 3. The second kappa shape index (κ2) is 6.33. The molecular weight excluding hydrogens is 352 g/mol. The molecule has 0 radical (unpaired) electrons. The molecule has 1 unspecified atom stereocenters. The van der Waals surface area contributed by atoms with Crippen LogP contribution in [0.3, 0.4) is 0 Å². The van der Waals surface area contributed by atoms with E-state index in [4.69, 9.17) is 5.73 Å². The van der Waals surface area contributed by atoms with Crippen LogP contribution in [0.1, 0.15) is 74.0 Å². The highest BCUT2D eigenvalue weighted by atomic mass is 16.1. The molecule has 0 spiro atoms. The van der Waals surface area contributed by atoms with E-state index in [2.05, 4.69) is 62.4 Å². The summed E-state index contributed by atoms with van der Waals surface area (Å²) < 4.78 is 1.72. The predicted octanol–water partition coefficient (Wildman–Crippen LogP) is 3.76. The van der Waals surface area contributed by atoms with Crippen LogP contribution < -0.4 is 11.1 Å². The van der Waals surface area contributed by atoms with Gasteiger partial charge in [-0.15, -0.1) is 0 Å². The van der Waals surface area contributed by atoms with Gasteiger partial charge in [-0.1, -0.05) is 52.0 Å². The molecule has 4 rings (SSSR count). The Morgan fingerprint density at radius 3 is 2.54 bits per heavy atom. The third-order valence-electron chi connectivity index (χ3n) is 5.69. The molecule has 1 aliphatic heterocycles. The molecule has 2 heterocycles. The first-order chi connectivity index (χ1) is 13.2. The van der Waals surface area contributed by atoms with Crippen molar-refractivity contribution in [2.24, 2.45) is 11.1 Å². The minimum absolute atomic E-state index is 0.124. The molecular formula is C22H26N4O2. The maximum Gasteiger partial charge on any atom is 0.254 e. The third kappa shape index (κ3) is 2.93. The number of fused-ring (bicyclic) bond motifs is 1. The molecule has 3 N–H and O–H groups in total. The number of nitrogens with one attached hydrogen (secondary N) is 1. The van der Waals surface area contributed by atoms with Crippen LogP contribution in [-0.4, -0.2) is 21.5 Å². The van der Waals surface area contributed by atoms with Gasteiger partial charge in [0.1, 0.15) is 17.4 Å². The molecule has 0 fully saturated rings. The standard InChI is InChI=1S/C22H26N4O2/c1-12(2)13-5-7-14(8-6-13)19-18-16(9-22(3,4)10-17(18)27)25-21-15(20(23)28)11-24-26(19)21/h5-8,11-12,19,25H,9-10H2,1-4H3,(H2,23,28). The van der Waals surface area contributed by atoms with Gasteiger partial charge in [0, 0.05) is 17.7 Å². The minimum atomic E-state index is -0.534. The summed E-state index contributed by atoms with van der Waals surface area (Å²) in [5, 5.41) is 7.72. The number of amides is 1. The number of primary amides is 1. The Bertz CT molecular complexity index is 996. The summed E-state index contributed by atoms with van der Waals surface area (Å²) in [5.41, 5.74) is 9.58. The minimum Gasteiger partial charge on any atom is -0.365 e. The zero-order chi connectivity index (χ0) is 20.2. The lowest BCUT2D eigenvalue weighted by Crippen LogP contribution is -2.37. The van der Waals surface area contributed by atoms with Crippen LogP contribution in [0, 0.1) is 5.41 Å². The number of hydrogen-bond donors (Lipinski definition) is 2. The van der Waals surface area contributed by atoms with E-state index in [1.807, 2.05) is 0 Å². The molecule has 0 saturated heterocycles. The number of Topliss-reactive ketones (excluding diaryl/α,β-unsaturated/α-hetero) is 1. The molecule has 1 atom stereocenters. The van der Waals surface area contributed by atoms with Crippen LogP contribution >= 0.6 is 0 Å². The van der Waals surface area contributed by atoms with Crippen LogP contribution in [0.4, 0.5) is 5.82 Å². The van der Waals surface area contributed by atoms with Gasteiger partial charge in [0.25, 0.3) is 5.91 Å². The van der Waals surface area contributed by atoms with Crippen molar-refractivity contribution < 1.29 is 9.59 Å². The number of carbonyl (C=O) groups is 2. The van der Waals surface area contributed by atoms with Crippen molar-refractivity contribution in [3.8, 4) is 0 Å². The van der Waals surface area contributed by atoms with E-state index < -0.39 is 5.91 Å². The van der Waals surface area contributed by atoms with Crippen molar-refractivity contribution >= 4 is 17.5 Å². The summed E-state index contributed by atoms with van der Waals surface area (Å²) in [4.78, 5) is 25.0. The lowest BCUT2D eigenvalue weighted by molar-refractivity contribution is -0.118. The van der Waals surface area contributed by atoms with E-state index in [9.17, 15) is 9.59 Å². The highest BCUT2D eigenvalue weighted by molar-refractivity contribution is 6.02. The van der Waals surface area contributed by atoms with Gasteiger partial charge in [0.2, 0.25) is 0 Å². The molecule has 0 saturated carbocycles. The van der Waals surface area contributed by atoms with Crippen molar-refractivity contribution in [3.05, 3.63) is 58.4 Å². The Labute approximate surface area is 164 Å². The maximum atomic E-state index is 13.1. The summed E-state index contributed by atoms with van der Waals surface area (Å²) in [6, 6.07) is 7.94. The molecule has 0 bridgehead atoms. The second-order valence-corrected chi connectivity index (χ2v) is 8.90. The summed E-state index contributed by atoms with van der Waals surface area (Å²) >= 11 is 0. The van der Waals surface area contributed by atoms with Crippen molar-refractivity contribution in [1.29, 1.82) is 0 Å². The number of benzene rings is 1. The fourth-order valence-electron chi connectivity index (χ4n) is 4.26. The first-order valence-corrected chi connectivity index (χ1v) is 9.68. The Balaban J connectivity index is 1.89. The number of anilines is 1. The molecule has 1 aromatic heterocycles. The number of ketones is 1. The summed E-state index contributed by atoms with van der Waals surface area (Å²) in [7, 11) is 0. The zero-order valence-electron chi connectivity index (χ0n) is 16.7. The van der Waals surface area contributed by atoms with E-state index in [-0.39, 0.29) is 17.2 Å². The lowest BCUT2D eigenvalue weighted by Gasteiger charge is -2.39. The summed E-state index contributed by atoms with van der Waals surface area (Å²) in [6.07, 6.45) is 2.71. The largest absolute Gasteiger partial charge is 0.365 e. The Hall–Kier alpha value is -2.89. The van der Waals surface area contributed by atoms with E-state index >= 15 is 0 Å². The smallest absolute Gasteiger partial charge is 0.254 e. The van der Waals surface area contributed by atoms with E-state index in [1.54, 1.807) is 4.68 Å². The highest BCUT2D eigenvalue weighted by Gasteiger charge is 2.42. The normalized spacial score (nSPS) is 20.6. The van der Waals surface area contributed by atoms with Crippen LogP contribution in [0.25, 0.3) is 0 Å². The van der Waals surface area contributed by atoms with Gasteiger partial charge in [-0.3, -0.25) is 9.59 Å². The average Bonchev–Trinajstić information content (AvgIpc) is 3.02. The van der Waals surface area contributed by atoms with Gasteiger partial charge in [-0.25, -0.2) is 4.68 Å². The van der Waals surface area contributed by atoms with Crippen LogP contribution in [0.15, 0.2) is 41.7 Å². The summed E-state index contributed by atoms with van der Waals surface area (Å²) in [6.45, 7) is 8.47. The number of allylic oxidation sites excluding steroid dienone is 2. The number of nitrogens with zero attached hydrogens (tertiary/aromatic N) is 2. The van der Waals surface area contributed by atoms with Gasteiger partial charge in [0.15, 0.2) is 5.78 Å². The SMILES string of the molecule is CC(C)c1ccc(C2C3=C(CC(C)(C)CC3=O)Nc3c(C(N)=O)cnn32)cc1. The molecule has 1 aromatic carbocycles. The van der Waals surface area contributed by atoms with Gasteiger partial charge in [-0.05, 0) is 28.9 Å². The van der Waals surface area contributed by atoms with Gasteiger partial charge in [-0.2, -0.15) is 5.10 Å². The molecule has 2 aromatic rings. The van der Waals surface area contributed by atoms with Crippen molar-refractivity contribution in [2.75, 3.05) is 5.32 Å². The number of carbonyl (C=O) groups excluding carboxylic acids is 2. The first-order valence-electron chi connectivity index (χ1n) is 9.68. The lowest BCUT2D eigenvalue weighted by atomic mass is 9.73. The van der Waals surface area contributed by atoms with Crippen LogP contribution in [0.2, 0.25) is 0 Å². The van der Waals surface area contributed by atoms with Gasteiger partial charge in [0.05, 0.1) is 6.20 Å². The predicted molar refractivity (Wildman–Crippen MR) is 108 cm³/mol. The molecule has 1 aliphatic carbocycles. The van der Waals surface area contributed by atoms with Gasteiger partial charge < -0.3 is 11.1 Å². The Morgan fingerprint density at radius 1 is 1.25 bits per heavy atom. The zero-order valence-corrected chi connectivity index (χ0v) is 16.7. The average molecular weight is 378 g/mol. The number of aromatic nitrogens is 2. The fraction of sp³-hybridized carbons (Fsp3) is 0.409. The van der Waals surface area contributed by atoms with E-state index in [0.717, 1.165) is 23.3 Å². The fourth-order valence-corrected chi connectivity index (χ4v) is 4.26. The monoisotopic (exact) mass is 378 g/mol. The third-order valence-corrected chi connectivity index (χ3v) is 5.69. The molecule has 28 heavy (non-hydrogen) atoms. The number of hydrogen-bond acceptors (Lipinski definition) is 4. The van der Waals surface area contributed by atoms with Crippen LogP contribution in [0.5, 0.6) is 0 Å². The molecule has 6 heteroatoms. The van der Waals surface area contributed by atoms with Gasteiger partial charge >= 0.3 is 0 Å². The quantitative estimate of drug-likeness (QED) is 0.851. The van der Waals surface area contributed by atoms with Crippen molar-refractivity contribution in [2.45, 2.75) is 52.5 Å². The van der Waals surface area contributed by atoms with Crippen molar-refractivity contribution in [1.82, 2.24) is 9.78 Å². The molecule has 146 valence electrons. The Kier molecular flexibility index (Phi) is 4.17. The molecule has 2 aliphatic rings. The number of nitrogens with two attached hydrogens (primary N) is 1. The summed E-state index contributed by atoms with van der Waals surface area (Å²) in [5.74, 6) is 0.580. The second-order valence-electron chi connectivity index (χ2n) is 8.90. The van der Waals surface area contributed by atoms with Crippen LogP contribution in [-0.2, 0) is 4.79 Å². The molecule has 6 nitrogen and oxygen atoms in total. The van der Waals surface area contributed by atoms with E-state index in [0.29, 0.717) is 23.7 Å².